The molecule has 0 aromatic heterocycles. The third-order valence-corrected chi connectivity index (χ3v) is 4.13. The number of piperidine rings is 1. The van der Waals surface area contributed by atoms with Crippen molar-refractivity contribution in [1.82, 2.24) is 9.80 Å². The average Bonchev–Trinajstić information content (AvgIpc) is 2.41. The molecule has 0 aliphatic carbocycles. The van der Waals surface area contributed by atoms with Crippen LogP contribution in [0, 0.1) is 5.92 Å². The minimum atomic E-state index is 0.104. The lowest BCUT2D eigenvalue weighted by Crippen LogP contribution is -2.37. The second-order valence-electron chi connectivity index (χ2n) is 5.48. The fraction of sp³-hybridized carbons (Fsp3) is 0.533. The van der Waals surface area contributed by atoms with E-state index in [1.165, 1.54) is 12.8 Å². The van der Waals surface area contributed by atoms with E-state index in [2.05, 4.69) is 24.6 Å². The van der Waals surface area contributed by atoms with E-state index in [4.69, 9.17) is 0 Å². The predicted molar refractivity (Wildman–Crippen MR) is 80.9 cm³/mol. The van der Waals surface area contributed by atoms with Gasteiger partial charge in [0.2, 0.25) is 0 Å². The molecule has 104 valence electrons. The number of thiol groups is 1. The minimum absolute atomic E-state index is 0.104. The van der Waals surface area contributed by atoms with Gasteiger partial charge in [0.25, 0.3) is 5.91 Å². The SMILES string of the molecule is CN1CCC(CN(C)C(=O)c2ccc(S)cc2)CC1. The third-order valence-electron chi connectivity index (χ3n) is 3.83. The van der Waals surface area contributed by atoms with Gasteiger partial charge in [-0.25, -0.2) is 0 Å². The molecule has 1 saturated heterocycles. The highest BCUT2D eigenvalue weighted by molar-refractivity contribution is 7.80. The van der Waals surface area contributed by atoms with E-state index >= 15 is 0 Å². The van der Waals surface area contributed by atoms with Crippen molar-refractivity contribution in [3.63, 3.8) is 0 Å². The molecule has 0 unspecified atom stereocenters. The topological polar surface area (TPSA) is 23.6 Å². The molecule has 0 saturated carbocycles. The van der Waals surface area contributed by atoms with E-state index in [0.29, 0.717) is 5.92 Å². The summed E-state index contributed by atoms with van der Waals surface area (Å²) in [7, 11) is 4.05. The fourth-order valence-electron chi connectivity index (χ4n) is 2.54. The molecule has 0 radical (unpaired) electrons. The Hall–Kier alpha value is -1.00. The molecule has 1 aromatic rings. The predicted octanol–water partition coefficient (Wildman–Crippen LogP) is 2.39. The van der Waals surface area contributed by atoms with Crippen LogP contribution in [0.15, 0.2) is 29.2 Å². The Balaban J connectivity index is 1.90. The molecule has 3 nitrogen and oxygen atoms in total. The Bertz CT molecular complexity index is 424. The van der Waals surface area contributed by atoms with Crippen LogP contribution in [0.3, 0.4) is 0 Å². The van der Waals surface area contributed by atoms with Crippen LogP contribution < -0.4 is 0 Å². The molecule has 2 rings (SSSR count). The zero-order chi connectivity index (χ0) is 13.8. The van der Waals surface area contributed by atoms with Crippen LogP contribution in [0.2, 0.25) is 0 Å². The Morgan fingerprint density at radius 1 is 1.32 bits per heavy atom. The van der Waals surface area contributed by atoms with Gasteiger partial charge in [-0.15, -0.1) is 12.6 Å². The second kappa shape index (κ2) is 6.44. The van der Waals surface area contributed by atoms with Crippen molar-refractivity contribution < 1.29 is 4.79 Å². The first-order valence-corrected chi connectivity index (χ1v) is 7.24. The molecule has 1 heterocycles. The lowest BCUT2D eigenvalue weighted by atomic mass is 9.96. The Labute approximate surface area is 121 Å². The minimum Gasteiger partial charge on any atom is -0.341 e. The Kier molecular flexibility index (Phi) is 4.88. The standard InChI is InChI=1S/C15H22N2OS/c1-16-9-7-12(8-10-16)11-17(2)15(18)13-3-5-14(19)6-4-13/h3-6,12,19H,7-11H2,1-2H3. The number of hydrogen-bond donors (Lipinski definition) is 1. The lowest BCUT2D eigenvalue weighted by Gasteiger charge is -2.31. The van der Waals surface area contributed by atoms with E-state index in [9.17, 15) is 4.79 Å². The first-order valence-electron chi connectivity index (χ1n) is 6.79. The molecule has 4 heteroatoms. The lowest BCUT2D eigenvalue weighted by molar-refractivity contribution is 0.0747. The molecule has 0 N–H and O–H groups in total. The smallest absolute Gasteiger partial charge is 0.253 e. The van der Waals surface area contributed by atoms with Gasteiger partial charge in [0.1, 0.15) is 0 Å². The molecule has 0 atom stereocenters. The van der Waals surface area contributed by atoms with Crippen molar-refractivity contribution in [2.24, 2.45) is 5.92 Å². The molecule has 1 amide bonds. The molecule has 1 aromatic carbocycles. The summed E-state index contributed by atoms with van der Waals surface area (Å²) in [5.74, 6) is 0.738. The number of rotatable bonds is 3. The van der Waals surface area contributed by atoms with Gasteiger partial charge in [0, 0.05) is 24.1 Å². The Morgan fingerprint density at radius 3 is 2.47 bits per heavy atom. The van der Waals surface area contributed by atoms with Crippen LogP contribution in [-0.2, 0) is 0 Å². The molecule has 0 bridgehead atoms. The highest BCUT2D eigenvalue weighted by Crippen LogP contribution is 2.18. The molecule has 1 aliphatic rings. The van der Waals surface area contributed by atoms with Gasteiger partial charge in [0.05, 0.1) is 0 Å². The van der Waals surface area contributed by atoms with Gasteiger partial charge in [-0.2, -0.15) is 0 Å². The van der Waals surface area contributed by atoms with Crippen molar-refractivity contribution in [2.75, 3.05) is 33.7 Å². The van der Waals surface area contributed by atoms with E-state index in [1.54, 1.807) is 0 Å². The van der Waals surface area contributed by atoms with E-state index < -0.39 is 0 Å². The molecule has 0 spiro atoms. The first-order chi connectivity index (χ1) is 9.06. The number of carbonyl (C=O) groups is 1. The van der Waals surface area contributed by atoms with Crippen molar-refractivity contribution in [3.05, 3.63) is 29.8 Å². The second-order valence-corrected chi connectivity index (χ2v) is 6.00. The van der Waals surface area contributed by atoms with Gasteiger partial charge < -0.3 is 9.80 Å². The normalized spacial score (nSPS) is 17.4. The van der Waals surface area contributed by atoms with Crippen LogP contribution in [-0.4, -0.2) is 49.4 Å². The summed E-state index contributed by atoms with van der Waals surface area (Å²) in [6, 6.07) is 7.41. The summed E-state index contributed by atoms with van der Waals surface area (Å²) in [6.45, 7) is 3.14. The number of hydrogen-bond acceptors (Lipinski definition) is 3. The summed E-state index contributed by atoms with van der Waals surface area (Å²) in [5, 5.41) is 0. The molecule has 1 aliphatic heterocycles. The highest BCUT2D eigenvalue weighted by Gasteiger charge is 2.20. The highest BCUT2D eigenvalue weighted by atomic mass is 32.1. The van der Waals surface area contributed by atoms with Crippen LogP contribution in [0.4, 0.5) is 0 Å². The average molecular weight is 278 g/mol. The monoisotopic (exact) mass is 278 g/mol. The summed E-state index contributed by atoms with van der Waals surface area (Å²) in [6.07, 6.45) is 2.37. The fourth-order valence-corrected chi connectivity index (χ4v) is 2.69. The summed E-state index contributed by atoms with van der Waals surface area (Å²) in [5.41, 5.74) is 0.744. The van der Waals surface area contributed by atoms with Gasteiger partial charge in [-0.05, 0) is 63.2 Å². The third kappa shape index (κ3) is 3.98. The van der Waals surface area contributed by atoms with Crippen molar-refractivity contribution in [1.29, 1.82) is 0 Å². The first kappa shape index (κ1) is 14.4. The van der Waals surface area contributed by atoms with E-state index in [0.717, 1.165) is 30.1 Å². The summed E-state index contributed by atoms with van der Waals surface area (Å²) in [4.78, 5) is 17.4. The number of amides is 1. The van der Waals surface area contributed by atoms with Crippen LogP contribution >= 0.6 is 12.6 Å². The summed E-state index contributed by atoms with van der Waals surface area (Å²) >= 11 is 4.24. The van der Waals surface area contributed by atoms with Crippen LogP contribution in [0.1, 0.15) is 23.2 Å². The van der Waals surface area contributed by atoms with Gasteiger partial charge in [-0.3, -0.25) is 4.79 Å². The number of benzene rings is 1. The summed E-state index contributed by atoms with van der Waals surface area (Å²) < 4.78 is 0. The van der Waals surface area contributed by atoms with Crippen molar-refractivity contribution in [3.8, 4) is 0 Å². The molecular formula is C15H22N2OS. The van der Waals surface area contributed by atoms with Crippen molar-refractivity contribution in [2.45, 2.75) is 17.7 Å². The molecule has 1 fully saturated rings. The zero-order valence-corrected chi connectivity index (χ0v) is 12.6. The van der Waals surface area contributed by atoms with E-state index in [1.807, 2.05) is 36.2 Å². The quantitative estimate of drug-likeness (QED) is 0.858. The number of nitrogens with zero attached hydrogens (tertiary/aromatic N) is 2. The van der Waals surface area contributed by atoms with Gasteiger partial charge in [-0.1, -0.05) is 0 Å². The maximum atomic E-state index is 12.3. The van der Waals surface area contributed by atoms with Gasteiger partial charge in [0.15, 0.2) is 0 Å². The number of likely N-dealkylation sites (tertiary alicyclic amines) is 1. The largest absolute Gasteiger partial charge is 0.341 e. The van der Waals surface area contributed by atoms with Gasteiger partial charge >= 0.3 is 0 Å². The maximum Gasteiger partial charge on any atom is 0.253 e. The van der Waals surface area contributed by atoms with Crippen molar-refractivity contribution >= 4 is 18.5 Å². The maximum absolute atomic E-state index is 12.3. The zero-order valence-electron chi connectivity index (χ0n) is 11.7. The molecule has 19 heavy (non-hydrogen) atoms. The Morgan fingerprint density at radius 2 is 1.89 bits per heavy atom. The van der Waals surface area contributed by atoms with Crippen LogP contribution in [0.5, 0.6) is 0 Å². The number of carbonyl (C=O) groups excluding carboxylic acids is 1. The van der Waals surface area contributed by atoms with E-state index in [-0.39, 0.29) is 5.91 Å². The molecular weight excluding hydrogens is 256 g/mol. The van der Waals surface area contributed by atoms with Crippen LogP contribution in [0.25, 0.3) is 0 Å².